The summed E-state index contributed by atoms with van der Waals surface area (Å²) in [4.78, 5) is 40.2. The Morgan fingerprint density at radius 2 is 1.76 bits per heavy atom. The van der Waals surface area contributed by atoms with Crippen molar-refractivity contribution in [2.75, 3.05) is 41.3 Å². The molecule has 9 heteroatoms. The van der Waals surface area contributed by atoms with Crippen molar-refractivity contribution in [3.63, 3.8) is 0 Å². The van der Waals surface area contributed by atoms with Gasteiger partial charge in [-0.1, -0.05) is 18.2 Å². The van der Waals surface area contributed by atoms with Crippen LogP contribution in [0.3, 0.4) is 0 Å². The number of rotatable bonds is 5. The monoisotopic (exact) mass is 474 g/mol. The molecule has 4 heterocycles. The van der Waals surface area contributed by atoms with Crippen LogP contribution in [0.2, 0.25) is 0 Å². The van der Waals surface area contributed by atoms with Crippen LogP contribution in [0.5, 0.6) is 0 Å². The molecule has 34 heavy (non-hydrogen) atoms. The number of carbonyl (C=O) groups excluding carboxylic acids is 1. The molecule has 0 bridgehead atoms. The van der Waals surface area contributed by atoms with Crippen LogP contribution in [0, 0.1) is 6.92 Å². The molecular weight excluding hydrogens is 448 g/mol. The first kappa shape index (κ1) is 22.1. The third-order valence-electron chi connectivity index (χ3n) is 6.19. The summed E-state index contributed by atoms with van der Waals surface area (Å²) in [5.41, 5.74) is 2.42. The zero-order chi connectivity index (χ0) is 23.7. The van der Waals surface area contributed by atoms with Crippen LogP contribution in [0.4, 0.5) is 17.2 Å². The molecule has 5 rings (SSSR count). The van der Waals surface area contributed by atoms with Crippen molar-refractivity contribution in [3.05, 3.63) is 75.8 Å². The van der Waals surface area contributed by atoms with Crippen LogP contribution in [-0.4, -0.2) is 46.6 Å². The predicted molar refractivity (Wildman–Crippen MR) is 137 cm³/mol. The average molecular weight is 475 g/mol. The van der Waals surface area contributed by atoms with Gasteiger partial charge in [-0.25, -0.2) is 9.97 Å². The first-order valence-corrected chi connectivity index (χ1v) is 12.2. The van der Waals surface area contributed by atoms with E-state index in [0.29, 0.717) is 32.9 Å². The fourth-order valence-electron chi connectivity index (χ4n) is 4.27. The smallest absolute Gasteiger partial charge is 0.266 e. The van der Waals surface area contributed by atoms with Crippen LogP contribution in [-0.2, 0) is 6.54 Å². The van der Waals surface area contributed by atoms with Crippen LogP contribution < -0.4 is 20.7 Å². The molecule has 1 saturated heterocycles. The SMILES string of the molecule is CCn1cnc2sc(C(=O)Nc3ccc(N4CCN(c5ccccc5)CC4)nc3)c(C)c2c1=O. The molecule has 1 N–H and O–H groups in total. The van der Waals surface area contributed by atoms with Crippen molar-refractivity contribution in [1.82, 2.24) is 14.5 Å². The molecule has 174 valence electrons. The summed E-state index contributed by atoms with van der Waals surface area (Å²) in [6.07, 6.45) is 3.21. The Hall–Kier alpha value is -3.72. The molecule has 3 aromatic heterocycles. The Morgan fingerprint density at radius 3 is 2.44 bits per heavy atom. The standard InChI is InChI=1S/C25H26N6O2S/c1-3-29-16-27-24-21(25(29)33)17(2)22(34-24)23(32)28-18-9-10-20(26-15-18)31-13-11-30(12-14-31)19-7-5-4-6-8-19/h4-10,15-16H,3,11-14H2,1-2H3,(H,28,32). The Labute approximate surface area is 201 Å². The third-order valence-corrected chi connectivity index (χ3v) is 7.39. The molecule has 8 nitrogen and oxygen atoms in total. The number of hydrogen-bond acceptors (Lipinski definition) is 7. The van der Waals surface area contributed by atoms with E-state index in [9.17, 15) is 9.59 Å². The van der Waals surface area contributed by atoms with E-state index in [4.69, 9.17) is 0 Å². The number of aryl methyl sites for hydroxylation is 2. The summed E-state index contributed by atoms with van der Waals surface area (Å²) in [6.45, 7) is 7.87. The van der Waals surface area contributed by atoms with Crippen LogP contribution in [0.15, 0.2) is 59.8 Å². The molecule has 0 spiro atoms. The Kier molecular flexibility index (Phi) is 6.02. The lowest BCUT2D eigenvalue weighted by Crippen LogP contribution is -2.46. The quantitative estimate of drug-likeness (QED) is 0.474. The number of anilines is 3. The molecule has 0 unspecified atom stereocenters. The number of amides is 1. The Bertz CT molecular complexity index is 1370. The van der Waals surface area contributed by atoms with Gasteiger partial charge in [-0.2, -0.15) is 0 Å². The molecule has 4 aromatic rings. The van der Waals surface area contributed by atoms with Crippen molar-refractivity contribution in [3.8, 4) is 0 Å². The molecule has 1 amide bonds. The van der Waals surface area contributed by atoms with E-state index >= 15 is 0 Å². The maximum atomic E-state index is 12.9. The van der Waals surface area contributed by atoms with E-state index in [2.05, 4.69) is 49.4 Å². The minimum absolute atomic E-state index is 0.112. The van der Waals surface area contributed by atoms with Crippen LogP contribution in [0.25, 0.3) is 10.2 Å². The maximum Gasteiger partial charge on any atom is 0.266 e. The number of hydrogen-bond donors (Lipinski definition) is 1. The molecule has 1 aliphatic rings. The lowest BCUT2D eigenvalue weighted by Gasteiger charge is -2.36. The van der Waals surface area contributed by atoms with Gasteiger partial charge in [0.1, 0.15) is 10.6 Å². The number of fused-ring (bicyclic) bond motifs is 1. The molecule has 0 aliphatic carbocycles. The van der Waals surface area contributed by atoms with Gasteiger partial charge in [-0.05, 0) is 43.7 Å². The van der Waals surface area contributed by atoms with E-state index < -0.39 is 0 Å². The highest BCUT2D eigenvalue weighted by Crippen LogP contribution is 2.28. The summed E-state index contributed by atoms with van der Waals surface area (Å²) in [7, 11) is 0. The number of carbonyl (C=O) groups is 1. The first-order valence-electron chi connectivity index (χ1n) is 11.4. The van der Waals surface area contributed by atoms with Crippen molar-refractivity contribution in [1.29, 1.82) is 0 Å². The lowest BCUT2D eigenvalue weighted by atomic mass is 10.2. The molecule has 1 aromatic carbocycles. The zero-order valence-corrected chi connectivity index (χ0v) is 20.0. The maximum absolute atomic E-state index is 12.9. The molecule has 0 atom stereocenters. The second-order valence-corrected chi connectivity index (χ2v) is 9.24. The highest BCUT2D eigenvalue weighted by atomic mass is 32.1. The number of thiophene rings is 1. The average Bonchev–Trinajstić information content (AvgIpc) is 3.22. The van der Waals surface area contributed by atoms with E-state index in [1.54, 1.807) is 17.7 Å². The number of nitrogens with zero attached hydrogens (tertiary/aromatic N) is 5. The topological polar surface area (TPSA) is 83.4 Å². The summed E-state index contributed by atoms with van der Waals surface area (Å²) in [5, 5.41) is 3.43. The number of pyridine rings is 1. The fourth-order valence-corrected chi connectivity index (χ4v) is 5.30. The van der Waals surface area contributed by atoms with Crippen molar-refractivity contribution >= 4 is 44.7 Å². The highest BCUT2D eigenvalue weighted by molar-refractivity contribution is 7.20. The van der Waals surface area contributed by atoms with Gasteiger partial charge < -0.3 is 15.1 Å². The van der Waals surface area contributed by atoms with E-state index in [1.807, 2.05) is 25.1 Å². The minimum Gasteiger partial charge on any atom is -0.368 e. The van der Waals surface area contributed by atoms with Gasteiger partial charge >= 0.3 is 0 Å². The number of nitrogens with one attached hydrogen (secondary N) is 1. The highest BCUT2D eigenvalue weighted by Gasteiger charge is 2.21. The minimum atomic E-state index is -0.256. The Balaban J connectivity index is 1.26. The number of piperazine rings is 1. The van der Waals surface area contributed by atoms with E-state index in [1.165, 1.54) is 23.4 Å². The molecule has 1 fully saturated rings. The number of aromatic nitrogens is 3. The third kappa shape index (κ3) is 4.14. The molecule has 0 radical (unpaired) electrons. The normalized spacial score (nSPS) is 13.9. The lowest BCUT2D eigenvalue weighted by molar-refractivity contribution is 0.103. The van der Waals surface area contributed by atoms with Gasteiger partial charge in [0, 0.05) is 38.4 Å². The predicted octanol–water partition coefficient (Wildman–Crippen LogP) is 3.76. The van der Waals surface area contributed by atoms with Gasteiger partial charge in [-0.3, -0.25) is 14.2 Å². The largest absolute Gasteiger partial charge is 0.368 e. The van der Waals surface area contributed by atoms with Crippen LogP contribution in [0.1, 0.15) is 22.2 Å². The van der Waals surface area contributed by atoms with Gasteiger partial charge in [0.25, 0.3) is 11.5 Å². The van der Waals surface area contributed by atoms with E-state index in [-0.39, 0.29) is 11.5 Å². The number of para-hydroxylation sites is 1. The number of benzene rings is 1. The van der Waals surface area contributed by atoms with Crippen molar-refractivity contribution < 1.29 is 4.79 Å². The molecule has 1 aliphatic heterocycles. The van der Waals surface area contributed by atoms with Crippen molar-refractivity contribution in [2.24, 2.45) is 0 Å². The first-order chi connectivity index (χ1) is 16.5. The van der Waals surface area contributed by atoms with Gasteiger partial charge in [0.15, 0.2) is 0 Å². The second kappa shape index (κ2) is 9.26. The van der Waals surface area contributed by atoms with Gasteiger partial charge in [0.2, 0.25) is 0 Å². The zero-order valence-electron chi connectivity index (χ0n) is 19.2. The van der Waals surface area contributed by atoms with Gasteiger partial charge in [-0.15, -0.1) is 11.3 Å². The molecule has 0 saturated carbocycles. The fraction of sp³-hybridized carbons (Fsp3) is 0.280. The summed E-state index contributed by atoms with van der Waals surface area (Å²) < 4.78 is 1.55. The summed E-state index contributed by atoms with van der Waals surface area (Å²) >= 11 is 1.24. The van der Waals surface area contributed by atoms with E-state index in [0.717, 1.165) is 32.0 Å². The van der Waals surface area contributed by atoms with Crippen molar-refractivity contribution in [2.45, 2.75) is 20.4 Å². The Morgan fingerprint density at radius 1 is 1.03 bits per heavy atom. The summed E-state index contributed by atoms with van der Waals surface area (Å²) in [6, 6.07) is 14.2. The molecular formula is C25H26N6O2S. The summed E-state index contributed by atoms with van der Waals surface area (Å²) in [5.74, 6) is 0.641. The van der Waals surface area contributed by atoms with Gasteiger partial charge in [0.05, 0.1) is 28.5 Å². The van der Waals surface area contributed by atoms with Crippen LogP contribution >= 0.6 is 11.3 Å². The second-order valence-electron chi connectivity index (χ2n) is 8.24.